The van der Waals surface area contributed by atoms with Gasteiger partial charge in [-0.05, 0) is 31.5 Å². The Balaban J connectivity index is 1.91. The molecule has 1 aromatic carbocycles. The summed E-state index contributed by atoms with van der Waals surface area (Å²) in [7, 11) is -1.69. The molecule has 2 heterocycles. The fraction of sp³-hybridized carbons (Fsp3) is 0.474. The zero-order valence-corrected chi connectivity index (χ0v) is 17.1. The molecule has 1 fully saturated rings. The minimum Gasteiger partial charge on any atom is -0.495 e. The van der Waals surface area contributed by atoms with E-state index in [-0.39, 0.29) is 42.0 Å². The SMILES string of the molecule is COc1ccc(-c2nc(N3C[C@@H](O)[C@@H]3C)nc3c2CCC3(F)F)cc1[S@](C)(=N)=O. The third-order valence-corrected chi connectivity index (χ3v) is 6.73. The maximum atomic E-state index is 14.5. The second-order valence-electron chi connectivity index (χ2n) is 7.57. The van der Waals surface area contributed by atoms with Crippen molar-refractivity contribution >= 4 is 15.7 Å². The minimum absolute atomic E-state index is 0.125. The zero-order chi connectivity index (χ0) is 21.1. The van der Waals surface area contributed by atoms with Crippen LogP contribution in [-0.2, 0) is 22.1 Å². The first kappa shape index (κ1) is 20.0. The molecule has 4 rings (SSSR count). The number of rotatable bonds is 4. The summed E-state index contributed by atoms with van der Waals surface area (Å²) >= 11 is 0. The van der Waals surface area contributed by atoms with E-state index in [1.807, 2.05) is 0 Å². The van der Waals surface area contributed by atoms with Gasteiger partial charge in [0.2, 0.25) is 5.95 Å². The normalized spacial score (nSPS) is 24.6. The predicted octanol–water partition coefficient (Wildman–Crippen LogP) is 2.80. The van der Waals surface area contributed by atoms with Crippen LogP contribution in [0.3, 0.4) is 0 Å². The van der Waals surface area contributed by atoms with Crippen molar-refractivity contribution in [3.05, 3.63) is 29.5 Å². The molecule has 3 atom stereocenters. The summed E-state index contributed by atoms with van der Waals surface area (Å²) in [6, 6.07) is 4.47. The van der Waals surface area contributed by atoms with Gasteiger partial charge in [0.25, 0.3) is 5.92 Å². The highest BCUT2D eigenvalue weighted by Crippen LogP contribution is 2.45. The van der Waals surface area contributed by atoms with Gasteiger partial charge in [-0.25, -0.2) is 19.0 Å². The predicted molar refractivity (Wildman–Crippen MR) is 104 cm³/mol. The molecule has 29 heavy (non-hydrogen) atoms. The lowest BCUT2D eigenvalue weighted by molar-refractivity contribution is -0.00603. The Morgan fingerprint density at radius 1 is 1.38 bits per heavy atom. The van der Waals surface area contributed by atoms with E-state index in [2.05, 4.69) is 9.97 Å². The van der Waals surface area contributed by atoms with Crippen LogP contribution in [0.25, 0.3) is 11.3 Å². The van der Waals surface area contributed by atoms with Crippen molar-refractivity contribution in [1.29, 1.82) is 4.78 Å². The molecule has 1 aliphatic carbocycles. The zero-order valence-electron chi connectivity index (χ0n) is 16.3. The molecule has 7 nitrogen and oxygen atoms in total. The fourth-order valence-electron chi connectivity index (χ4n) is 3.76. The average molecular weight is 424 g/mol. The van der Waals surface area contributed by atoms with Crippen LogP contribution in [-0.4, -0.2) is 51.3 Å². The van der Waals surface area contributed by atoms with Gasteiger partial charge in [0.15, 0.2) is 0 Å². The molecule has 0 spiro atoms. The number of benzene rings is 1. The number of alkyl halides is 2. The Labute approximate surface area is 167 Å². The van der Waals surface area contributed by atoms with Crippen LogP contribution in [0.5, 0.6) is 5.75 Å². The van der Waals surface area contributed by atoms with Gasteiger partial charge >= 0.3 is 0 Å². The van der Waals surface area contributed by atoms with Crippen LogP contribution in [0, 0.1) is 4.78 Å². The molecular formula is C19H22F2N4O3S. The van der Waals surface area contributed by atoms with Crippen LogP contribution in [0.15, 0.2) is 23.1 Å². The molecule has 0 amide bonds. The Kier molecular flexibility index (Phi) is 4.54. The maximum absolute atomic E-state index is 14.5. The van der Waals surface area contributed by atoms with Crippen LogP contribution >= 0.6 is 0 Å². The Bertz CT molecular complexity index is 1090. The van der Waals surface area contributed by atoms with E-state index in [4.69, 9.17) is 9.52 Å². The second-order valence-corrected chi connectivity index (χ2v) is 9.70. The van der Waals surface area contributed by atoms with Crippen molar-refractivity contribution in [1.82, 2.24) is 9.97 Å². The van der Waals surface area contributed by atoms with E-state index in [0.717, 1.165) is 0 Å². The van der Waals surface area contributed by atoms with Crippen molar-refractivity contribution in [2.45, 2.75) is 42.7 Å². The van der Waals surface area contributed by atoms with Gasteiger partial charge in [0.05, 0.1) is 39.6 Å². The van der Waals surface area contributed by atoms with Gasteiger partial charge in [0, 0.05) is 30.3 Å². The lowest BCUT2D eigenvalue weighted by atomic mass is 10.0. The molecule has 1 aliphatic heterocycles. The molecule has 1 saturated heterocycles. The number of hydrogen-bond acceptors (Lipinski definition) is 7. The van der Waals surface area contributed by atoms with Crippen LogP contribution in [0.4, 0.5) is 14.7 Å². The number of anilines is 1. The number of aliphatic hydroxyl groups is 1. The highest BCUT2D eigenvalue weighted by Gasteiger charge is 2.45. The third-order valence-electron chi connectivity index (χ3n) is 5.58. The van der Waals surface area contributed by atoms with Crippen LogP contribution in [0.2, 0.25) is 0 Å². The van der Waals surface area contributed by atoms with E-state index in [1.165, 1.54) is 19.4 Å². The average Bonchev–Trinajstić information content (AvgIpc) is 2.98. The lowest BCUT2D eigenvalue weighted by Crippen LogP contribution is -2.59. The summed E-state index contributed by atoms with van der Waals surface area (Å²) in [6.45, 7) is 2.05. The number of hydrogen-bond donors (Lipinski definition) is 2. The number of ether oxygens (including phenoxy) is 1. The highest BCUT2D eigenvalue weighted by molar-refractivity contribution is 7.91. The van der Waals surface area contributed by atoms with Gasteiger partial charge in [-0.1, -0.05) is 0 Å². The number of halogens is 2. The summed E-state index contributed by atoms with van der Waals surface area (Å²) in [5.41, 5.74) is 0.875. The molecule has 0 saturated carbocycles. The Hall–Kier alpha value is -2.33. The molecule has 1 aromatic heterocycles. The van der Waals surface area contributed by atoms with Crippen molar-refractivity contribution in [2.75, 3.05) is 24.8 Å². The van der Waals surface area contributed by atoms with Gasteiger partial charge < -0.3 is 14.7 Å². The van der Waals surface area contributed by atoms with Gasteiger partial charge in [-0.15, -0.1) is 0 Å². The van der Waals surface area contributed by atoms with Crippen molar-refractivity contribution in [2.24, 2.45) is 0 Å². The van der Waals surface area contributed by atoms with Crippen LogP contribution < -0.4 is 9.64 Å². The van der Waals surface area contributed by atoms with Gasteiger partial charge in [-0.2, -0.15) is 8.78 Å². The summed E-state index contributed by atoms with van der Waals surface area (Å²) in [5.74, 6) is -2.62. The first-order valence-corrected chi connectivity index (χ1v) is 11.2. The van der Waals surface area contributed by atoms with E-state index < -0.39 is 21.8 Å². The molecule has 2 aliphatic rings. The number of β-amino-alcohol motifs (C(OH)–C–C–N with tert-alkyl or cyclic N) is 1. The molecular weight excluding hydrogens is 402 g/mol. The second kappa shape index (κ2) is 6.60. The maximum Gasteiger partial charge on any atom is 0.290 e. The molecule has 0 unspecified atom stereocenters. The van der Waals surface area contributed by atoms with E-state index in [9.17, 15) is 18.1 Å². The first-order valence-electron chi connectivity index (χ1n) is 9.19. The van der Waals surface area contributed by atoms with Crippen molar-refractivity contribution in [3.8, 4) is 17.0 Å². The molecule has 0 radical (unpaired) electrons. The fourth-order valence-corrected chi connectivity index (χ4v) is 4.65. The standard InChI is InChI=1S/C19H22F2N4O3S/c1-10-13(26)9-25(10)18-23-16(12-6-7-19(20,21)17(12)24-18)11-4-5-14(28-2)15(8-11)29(3,22)27/h4-5,8,10,13,22,26H,6-7,9H2,1-3H3/t10-,13+,29+/m0/s1. The summed E-state index contributed by atoms with van der Waals surface area (Å²) < 4.78 is 54.6. The van der Waals surface area contributed by atoms with E-state index >= 15 is 0 Å². The van der Waals surface area contributed by atoms with Crippen molar-refractivity contribution < 1.29 is 22.8 Å². The minimum atomic E-state index is -3.11. The number of aromatic nitrogens is 2. The molecule has 2 aromatic rings. The van der Waals surface area contributed by atoms with E-state index in [0.29, 0.717) is 22.6 Å². The Morgan fingerprint density at radius 2 is 2.10 bits per heavy atom. The van der Waals surface area contributed by atoms with Crippen molar-refractivity contribution in [3.63, 3.8) is 0 Å². The summed E-state index contributed by atoms with van der Waals surface area (Å²) in [5, 5.41) is 9.80. The number of methoxy groups -OCH3 is 1. The quantitative estimate of drug-likeness (QED) is 0.783. The summed E-state index contributed by atoms with van der Waals surface area (Å²) in [4.78, 5) is 10.5. The van der Waals surface area contributed by atoms with Gasteiger partial charge in [-0.3, -0.25) is 0 Å². The largest absolute Gasteiger partial charge is 0.495 e. The van der Waals surface area contributed by atoms with E-state index in [1.54, 1.807) is 24.0 Å². The highest BCUT2D eigenvalue weighted by atomic mass is 32.2. The summed E-state index contributed by atoms with van der Waals surface area (Å²) in [6.07, 6.45) is 0.496. The first-order chi connectivity index (χ1) is 13.5. The molecule has 0 bridgehead atoms. The van der Waals surface area contributed by atoms with Gasteiger partial charge in [0.1, 0.15) is 11.4 Å². The lowest BCUT2D eigenvalue weighted by Gasteiger charge is -2.43. The number of nitrogens with one attached hydrogen (secondary N) is 1. The Morgan fingerprint density at radius 3 is 2.69 bits per heavy atom. The van der Waals surface area contributed by atoms with Crippen LogP contribution in [0.1, 0.15) is 24.6 Å². The topological polar surface area (TPSA) is 99.4 Å². The molecule has 156 valence electrons. The number of nitrogens with zero attached hydrogens (tertiary/aromatic N) is 3. The number of aliphatic hydroxyl groups excluding tert-OH is 1. The smallest absolute Gasteiger partial charge is 0.290 e. The molecule has 2 N–H and O–H groups in total. The monoisotopic (exact) mass is 424 g/mol. The third kappa shape index (κ3) is 3.24. The number of fused-ring (bicyclic) bond motifs is 1. The molecule has 10 heteroatoms.